The van der Waals surface area contributed by atoms with E-state index in [2.05, 4.69) is 47.9 Å². The summed E-state index contributed by atoms with van der Waals surface area (Å²) in [6.45, 7) is 3.40. The number of pyridine rings is 1. The fourth-order valence-corrected chi connectivity index (χ4v) is 4.35. The largest absolute Gasteiger partial charge is 0.497 e. The standard InChI is InChI=1S/C32H48NO/c1-3-4-5-6-7-8-9-10-11-12-13-14-15-16-17-18-27-33-28-25-31(26-29-33)20-19-30-21-23-32(34-2)24-22-30/h21-26,28-29H,3-18,27H2,1-2H3/q+1. The Morgan fingerprint density at radius 3 is 1.41 bits per heavy atom. The molecule has 0 fully saturated rings. The van der Waals surface area contributed by atoms with Gasteiger partial charge < -0.3 is 4.74 Å². The lowest BCUT2D eigenvalue weighted by Gasteiger charge is -2.03. The Bertz CT molecular complexity index is 798. The predicted molar refractivity (Wildman–Crippen MR) is 145 cm³/mol. The van der Waals surface area contributed by atoms with Gasteiger partial charge in [-0.3, -0.25) is 0 Å². The van der Waals surface area contributed by atoms with Gasteiger partial charge in [0.2, 0.25) is 0 Å². The van der Waals surface area contributed by atoms with Crippen LogP contribution in [0.15, 0.2) is 48.8 Å². The van der Waals surface area contributed by atoms with E-state index < -0.39 is 0 Å². The zero-order chi connectivity index (χ0) is 24.1. The monoisotopic (exact) mass is 462 g/mol. The highest BCUT2D eigenvalue weighted by molar-refractivity contribution is 5.43. The second kappa shape index (κ2) is 19.1. The number of aromatic nitrogens is 1. The van der Waals surface area contributed by atoms with Gasteiger partial charge in [0.1, 0.15) is 12.3 Å². The summed E-state index contributed by atoms with van der Waals surface area (Å²) in [5, 5.41) is 0. The molecule has 0 radical (unpaired) electrons. The zero-order valence-corrected chi connectivity index (χ0v) is 22.0. The van der Waals surface area contributed by atoms with Crippen molar-refractivity contribution in [1.29, 1.82) is 0 Å². The number of unbranched alkanes of at least 4 members (excludes halogenated alkanes) is 15. The van der Waals surface area contributed by atoms with Gasteiger partial charge in [-0.15, -0.1) is 0 Å². The van der Waals surface area contributed by atoms with Crippen molar-refractivity contribution < 1.29 is 9.30 Å². The number of methoxy groups -OCH3 is 1. The Labute approximate surface area is 210 Å². The van der Waals surface area contributed by atoms with E-state index in [1.807, 2.05) is 24.3 Å². The first-order valence-electron chi connectivity index (χ1n) is 14.0. The Hall–Kier alpha value is -2.27. The van der Waals surface area contributed by atoms with Crippen LogP contribution in [0.25, 0.3) is 0 Å². The van der Waals surface area contributed by atoms with E-state index in [9.17, 15) is 0 Å². The third kappa shape index (κ3) is 13.4. The smallest absolute Gasteiger partial charge is 0.170 e. The predicted octanol–water partition coefficient (Wildman–Crippen LogP) is 8.64. The van der Waals surface area contributed by atoms with Gasteiger partial charge in [-0.1, -0.05) is 109 Å². The van der Waals surface area contributed by atoms with Gasteiger partial charge in [-0.05, 0) is 30.7 Å². The fraction of sp³-hybridized carbons (Fsp3) is 0.594. The molecule has 0 aliphatic heterocycles. The molecule has 0 spiro atoms. The maximum Gasteiger partial charge on any atom is 0.170 e. The highest BCUT2D eigenvalue weighted by Gasteiger charge is 2.00. The van der Waals surface area contributed by atoms with E-state index in [0.29, 0.717) is 0 Å². The molecule has 2 rings (SSSR count). The van der Waals surface area contributed by atoms with Gasteiger partial charge >= 0.3 is 0 Å². The molecule has 186 valence electrons. The Morgan fingerprint density at radius 1 is 0.559 bits per heavy atom. The SMILES string of the molecule is CCCCCCCCCCCCCCCCCC[n+]1ccc(C#Cc2ccc(OC)cc2)cc1. The second-order valence-electron chi connectivity index (χ2n) is 9.61. The Morgan fingerprint density at radius 2 is 0.971 bits per heavy atom. The van der Waals surface area contributed by atoms with E-state index >= 15 is 0 Å². The summed E-state index contributed by atoms with van der Waals surface area (Å²) in [7, 11) is 1.68. The molecule has 0 aliphatic rings. The molecule has 1 heterocycles. The molecular formula is C32H48NO+. The third-order valence-corrected chi connectivity index (χ3v) is 6.60. The van der Waals surface area contributed by atoms with Crippen LogP contribution in [0.1, 0.15) is 121 Å². The molecule has 0 bridgehead atoms. The highest BCUT2D eigenvalue weighted by Crippen LogP contribution is 2.14. The van der Waals surface area contributed by atoms with Crippen LogP contribution in [0, 0.1) is 11.8 Å². The molecule has 1 aromatic heterocycles. The minimum absolute atomic E-state index is 0.861. The lowest BCUT2D eigenvalue weighted by Crippen LogP contribution is -2.32. The van der Waals surface area contributed by atoms with Crippen molar-refractivity contribution in [1.82, 2.24) is 0 Å². The van der Waals surface area contributed by atoms with Crippen molar-refractivity contribution in [2.75, 3.05) is 7.11 Å². The normalized spacial score (nSPS) is 10.6. The Balaban J connectivity index is 1.43. The number of nitrogens with zero attached hydrogens (tertiary/aromatic N) is 1. The van der Waals surface area contributed by atoms with Gasteiger partial charge in [0.25, 0.3) is 0 Å². The minimum atomic E-state index is 0.861. The first-order chi connectivity index (χ1) is 16.8. The van der Waals surface area contributed by atoms with Crippen LogP contribution in [0.5, 0.6) is 5.75 Å². The van der Waals surface area contributed by atoms with Crippen LogP contribution in [-0.2, 0) is 6.54 Å². The molecule has 0 saturated heterocycles. The van der Waals surface area contributed by atoms with Crippen molar-refractivity contribution in [2.24, 2.45) is 0 Å². The maximum absolute atomic E-state index is 5.19. The topological polar surface area (TPSA) is 13.1 Å². The van der Waals surface area contributed by atoms with Crippen LogP contribution < -0.4 is 9.30 Å². The number of rotatable bonds is 18. The lowest BCUT2D eigenvalue weighted by molar-refractivity contribution is -0.697. The van der Waals surface area contributed by atoms with Crippen molar-refractivity contribution in [3.8, 4) is 17.6 Å². The first-order valence-corrected chi connectivity index (χ1v) is 14.0. The summed E-state index contributed by atoms with van der Waals surface area (Å²) in [5.41, 5.74) is 2.06. The first kappa shape index (κ1) is 28.0. The fourth-order valence-electron chi connectivity index (χ4n) is 4.35. The molecule has 0 N–H and O–H groups in total. The number of benzene rings is 1. The average molecular weight is 463 g/mol. The van der Waals surface area contributed by atoms with Crippen molar-refractivity contribution in [3.63, 3.8) is 0 Å². The van der Waals surface area contributed by atoms with E-state index in [4.69, 9.17) is 4.74 Å². The molecule has 1 aromatic carbocycles. The molecule has 0 unspecified atom stereocenters. The van der Waals surface area contributed by atoms with E-state index in [-0.39, 0.29) is 0 Å². The molecule has 2 aromatic rings. The maximum atomic E-state index is 5.19. The average Bonchev–Trinajstić information content (AvgIpc) is 2.88. The van der Waals surface area contributed by atoms with Gasteiger partial charge in [-0.25, -0.2) is 4.57 Å². The van der Waals surface area contributed by atoms with Gasteiger partial charge in [0.15, 0.2) is 12.4 Å². The van der Waals surface area contributed by atoms with Gasteiger partial charge in [-0.2, -0.15) is 0 Å². The lowest BCUT2D eigenvalue weighted by atomic mass is 10.0. The van der Waals surface area contributed by atoms with Crippen LogP contribution in [-0.4, -0.2) is 7.11 Å². The molecule has 2 heteroatoms. The molecule has 0 aliphatic carbocycles. The molecule has 0 amide bonds. The number of aryl methyl sites for hydroxylation is 1. The zero-order valence-electron chi connectivity index (χ0n) is 22.0. The molecule has 34 heavy (non-hydrogen) atoms. The number of ether oxygens (including phenoxy) is 1. The molecule has 0 atom stereocenters. The second-order valence-corrected chi connectivity index (χ2v) is 9.61. The summed E-state index contributed by atoms with van der Waals surface area (Å²) >= 11 is 0. The quantitative estimate of drug-likeness (QED) is 0.123. The summed E-state index contributed by atoms with van der Waals surface area (Å²) in [6.07, 6.45) is 27.0. The van der Waals surface area contributed by atoms with E-state index in [1.54, 1.807) is 7.11 Å². The highest BCUT2D eigenvalue weighted by atomic mass is 16.5. The van der Waals surface area contributed by atoms with E-state index in [1.165, 1.54) is 103 Å². The third-order valence-electron chi connectivity index (χ3n) is 6.60. The molecule has 0 saturated carbocycles. The summed E-state index contributed by atoms with van der Waals surface area (Å²) in [5.74, 6) is 7.33. The van der Waals surface area contributed by atoms with Gasteiger partial charge in [0, 0.05) is 29.7 Å². The molecular weight excluding hydrogens is 414 g/mol. The summed E-state index contributed by atoms with van der Waals surface area (Å²) < 4.78 is 7.47. The number of hydrogen-bond acceptors (Lipinski definition) is 1. The van der Waals surface area contributed by atoms with Crippen LogP contribution in [0.4, 0.5) is 0 Å². The van der Waals surface area contributed by atoms with Crippen molar-refractivity contribution >= 4 is 0 Å². The van der Waals surface area contributed by atoms with Crippen LogP contribution in [0.3, 0.4) is 0 Å². The van der Waals surface area contributed by atoms with E-state index in [0.717, 1.165) is 23.4 Å². The minimum Gasteiger partial charge on any atom is -0.497 e. The van der Waals surface area contributed by atoms with Crippen LogP contribution in [0.2, 0.25) is 0 Å². The number of hydrogen-bond donors (Lipinski definition) is 0. The van der Waals surface area contributed by atoms with Crippen LogP contribution >= 0.6 is 0 Å². The summed E-state index contributed by atoms with van der Waals surface area (Å²) in [4.78, 5) is 0. The Kier molecular flexibility index (Phi) is 15.7. The summed E-state index contributed by atoms with van der Waals surface area (Å²) in [6, 6.07) is 12.1. The van der Waals surface area contributed by atoms with Crippen molar-refractivity contribution in [2.45, 2.75) is 116 Å². The van der Waals surface area contributed by atoms with Crippen molar-refractivity contribution in [3.05, 3.63) is 59.9 Å². The van der Waals surface area contributed by atoms with Gasteiger partial charge in [0.05, 0.1) is 7.11 Å². The molecule has 2 nitrogen and oxygen atoms in total.